The van der Waals surface area contributed by atoms with E-state index in [1.54, 1.807) is 14.2 Å². The van der Waals surface area contributed by atoms with Crippen molar-refractivity contribution >= 4 is 34.1 Å². The van der Waals surface area contributed by atoms with Crippen LogP contribution in [0.5, 0.6) is 11.5 Å². The van der Waals surface area contributed by atoms with Gasteiger partial charge in [-0.1, -0.05) is 71.8 Å². The Morgan fingerprint density at radius 2 is 0.682 bits per heavy atom. The second-order valence-corrected chi connectivity index (χ2v) is 10.8. The molecule has 0 aromatic heterocycles. The first kappa shape index (κ1) is 28.6. The van der Waals surface area contributed by atoms with Crippen LogP contribution in [0.1, 0.15) is 11.1 Å². The van der Waals surface area contributed by atoms with Crippen molar-refractivity contribution < 1.29 is 9.47 Å². The van der Waals surface area contributed by atoms with E-state index in [1.807, 2.05) is 24.3 Å². The van der Waals surface area contributed by atoms with Crippen LogP contribution in [-0.4, -0.2) is 14.2 Å². The lowest BCUT2D eigenvalue weighted by atomic mass is 10.0. The molecule has 0 bridgehead atoms. The van der Waals surface area contributed by atoms with Crippen molar-refractivity contribution in [3.63, 3.8) is 0 Å². The van der Waals surface area contributed by atoms with Crippen molar-refractivity contribution in [3.8, 4) is 22.6 Å². The molecule has 0 heterocycles. The SMILES string of the molecule is COc1cccc(N(c2ccc(C)cc2)c2ccc(-c3ccc(N(c4ccc(C)cc4)c4cccc(OC)c4)cc3)cc2)c1. The molecule has 6 aromatic carbocycles. The monoisotopic (exact) mass is 576 g/mol. The summed E-state index contributed by atoms with van der Waals surface area (Å²) >= 11 is 0. The smallest absolute Gasteiger partial charge is 0.120 e. The van der Waals surface area contributed by atoms with E-state index in [2.05, 4.69) is 145 Å². The molecule has 0 aliphatic heterocycles. The fraction of sp³-hybridized carbons (Fsp3) is 0.100. The Labute approximate surface area is 260 Å². The number of hydrogen-bond acceptors (Lipinski definition) is 4. The highest BCUT2D eigenvalue weighted by Crippen LogP contribution is 2.39. The zero-order chi connectivity index (χ0) is 30.5. The summed E-state index contributed by atoms with van der Waals surface area (Å²) in [5, 5.41) is 0. The van der Waals surface area contributed by atoms with E-state index in [9.17, 15) is 0 Å². The normalized spacial score (nSPS) is 10.7. The topological polar surface area (TPSA) is 24.9 Å². The molecule has 0 unspecified atom stereocenters. The van der Waals surface area contributed by atoms with Gasteiger partial charge in [-0.2, -0.15) is 0 Å². The lowest BCUT2D eigenvalue weighted by Crippen LogP contribution is -2.10. The predicted octanol–water partition coefficient (Wildman–Crippen LogP) is 10.9. The molecule has 44 heavy (non-hydrogen) atoms. The van der Waals surface area contributed by atoms with Crippen molar-refractivity contribution in [1.29, 1.82) is 0 Å². The maximum atomic E-state index is 5.54. The van der Waals surface area contributed by atoms with Crippen LogP contribution in [0.3, 0.4) is 0 Å². The van der Waals surface area contributed by atoms with Crippen molar-refractivity contribution in [3.05, 3.63) is 157 Å². The van der Waals surface area contributed by atoms with E-state index in [1.165, 1.54) is 11.1 Å². The highest BCUT2D eigenvalue weighted by Gasteiger charge is 2.15. The van der Waals surface area contributed by atoms with Gasteiger partial charge in [-0.3, -0.25) is 0 Å². The van der Waals surface area contributed by atoms with E-state index in [0.717, 1.165) is 56.8 Å². The van der Waals surface area contributed by atoms with Crippen LogP contribution in [0.2, 0.25) is 0 Å². The Morgan fingerprint density at radius 1 is 0.364 bits per heavy atom. The van der Waals surface area contributed by atoms with E-state index in [0.29, 0.717) is 0 Å². The second-order valence-electron chi connectivity index (χ2n) is 10.8. The third-order valence-electron chi connectivity index (χ3n) is 7.79. The molecule has 4 nitrogen and oxygen atoms in total. The fourth-order valence-electron chi connectivity index (χ4n) is 5.39. The molecule has 0 atom stereocenters. The van der Waals surface area contributed by atoms with Gasteiger partial charge in [0.25, 0.3) is 0 Å². The molecule has 0 spiro atoms. The number of hydrogen-bond donors (Lipinski definition) is 0. The zero-order valence-electron chi connectivity index (χ0n) is 25.6. The minimum absolute atomic E-state index is 0.824. The van der Waals surface area contributed by atoms with Crippen molar-refractivity contribution in [1.82, 2.24) is 0 Å². The van der Waals surface area contributed by atoms with E-state index >= 15 is 0 Å². The number of nitrogens with zero attached hydrogens (tertiary/aromatic N) is 2. The Kier molecular flexibility index (Phi) is 8.33. The third kappa shape index (κ3) is 6.16. The number of benzene rings is 6. The highest BCUT2D eigenvalue weighted by molar-refractivity contribution is 5.81. The first-order chi connectivity index (χ1) is 21.5. The van der Waals surface area contributed by atoms with Gasteiger partial charge in [0.05, 0.1) is 14.2 Å². The van der Waals surface area contributed by atoms with Gasteiger partial charge in [0.15, 0.2) is 0 Å². The standard InChI is InChI=1S/C40H36N2O2/c1-29-11-19-33(20-12-29)41(37-7-5-9-39(27-37)43-3)35-23-15-31(16-24-35)32-17-25-36(26-18-32)42(34-21-13-30(2)14-22-34)38-8-6-10-40(28-38)44-4/h5-28H,1-4H3. The van der Waals surface area contributed by atoms with Gasteiger partial charge in [-0.05, 0) is 97.8 Å². The van der Waals surface area contributed by atoms with Crippen LogP contribution in [0.4, 0.5) is 34.1 Å². The molecule has 0 radical (unpaired) electrons. The molecule has 0 aliphatic carbocycles. The summed E-state index contributed by atoms with van der Waals surface area (Å²) in [6.45, 7) is 4.22. The van der Waals surface area contributed by atoms with Gasteiger partial charge >= 0.3 is 0 Å². The molecule has 4 heteroatoms. The summed E-state index contributed by atoms with van der Waals surface area (Å²) in [7, 11) is 3.40. The Balaban J connectivity index is 1.33. The second kappa shape index (κ2) is 12.8. The minimum atomic E-state index is 0.824. The zero-order valence-corrected chi connectivity index (χ0v) is 25.6. The molecule has 0 saturated carbocycles. The largest absolute Gasteiger partial charge is 0.497 e. The third-order valence-corrected chi connectivity index (χ3v) is 7.79. The van der Waals surface area contributed by atoms with Gasteiger partial charge in [-0.25, -0.2) is 0 Å². The van der Waals surface area contributed by atoms with Crippen LogP contribution >= 0.6 is 0 Å². The van der Waals surface area contributed by atoms with E-state index in [4.69, 9.17) is 9.47 Å². The summed E-state index contributed by atoms with van der Waals surface area (Å²) in [5.41, 5.74) is 11.2. The van der Waals surface area contributed by atoms with Crippen LogP contribution in [0, 0.1) is 13.8 Å². The molecule has 0 saturated heterocycles. The summed E-state index contributed by atoms with van der Waals surface area (Å²) < 4.78 is 11.1. The van der Waals surface area contributed by atoms with E-state index < -0.39 is 0 Å². The molecule has 0 N–H and O–H groups in total. The average molecular weight is 577 g/mol. The van der Waals surface area contributed by atoms with Gasteiger partial charge in [0.2, 0.25) is 0 Å². The fourth-order valence-corrected chi connectivity index (χ4v) is 5.39. The minimum Gasteiger partial charge on any atom is -0.497 e. The number of anilines is 6. The lowest BCUT2D eigenvalue weighted by Gasteiger charge is -2.26. The van der Waals surface area contributed by atoms with Gasteiger partial charge < -0.3 is 19.3 Å². The Bertz CT molecular complexity index is 1690. The van der Waals surface area contributed by atoms with Crippen molar-refractivity contribution in [2.24, 2.45) is 0 Å². The number of ether oxygens (including phenoxy) is 2. The maximum absolute atomic E-state index is 5.54. The van der Waals surface area contributed by atoms with Crippen LogP contribution in [0.15, 0.2) is 146 Å². The lowest BCUT2D eigenvalue weighted by molar-refractivity contribution is 0.415. The number of aryl methyl sites for hydroxylation is 2. The Morgan fingerprint density at radius 3 is 1.00 bits per heavy atom. The quantitative estimate of drug-likeness (QED) is 0.171. The molecular formula is C40H36N2O2. The van der Waals surface area contributed by atoms with E-state index in [-0.39, 0.29) is 0 Å². The number of methoxy groups -OCH3 is 2. The summed E-state index contributed by atoms with van der Waals surface area (Å²) in [6, 6.07) is 51.0. The Hall–Kier alpha value is -5.48. The highest BCUT2D eigenvalue weighted by atomic mass is 16.5. The summed E-state index contributed by atoms with van der Waals surface area (Å²) in [6.07, 6.45) is 0. The first-order valence-corrected chi connectivity index (χ1v) is 14.7. The molecule has 0 fully saturated rings. The first-order valence-electron chi connectivity index (χ1n) is 14.7. The van der Waals surface area contributed by atoms with Crippen molar-refractivity contribution in [2.75, 3.05) is 24.0 Å². The summed E-state index contributed by atoms with van der Waals surface area (Å²) in [5.74, 6) is 1.65. The molecule has 6 rings (SSSR count). The predicted molar refractivity (Wildman–Crippen MR) is 184 cm³/mol. The van der Waals surface area contributed by atoms with Crippen LogP contribution in [0.25, 0.3) is 11.1 Å². The van der Waals surface area contributed by atoms with Crippen molar-refractivity contribution in [2.45, 2.75) is 13.8 Å². The van der Waals surface area contributed by atoms with Crippen LogP contribution < -0.4 is 19.3 Å². The molecular weight excluding hydrogens is 540 g/mol. The molecule has 6 aromatic rings. The molecule has 0 aliphatic rings. The maximum Gasteiger partial charge on any atom is 0.120 e. The molecule has 0 amide bonds. The van der Waals surface area contributed by atoms with Gasteiger partial charge in [0.1, 0.15) is 11.5 Å². The average Bonchev–Trinajstić information content (AvgIpc) is 3.08. The molecule has 218 valence electrons. The van der Waals surface area contributed by atoms with Gasteiger partial charge in [0, 0.05) is 46.3 Å². The van der Waals surface area contributed by atoms with Gasteiger partial charge in [-0.15, -0.1) is 0 Å². The number of rotatable bonds is 9. The summed E-state index contributed by atoms with van der Waals surface area (Å²) in [4.78, 5) is 4.50. The van der Waals surface area contributed by atoms with Crippen LogP contribution in [-0.2, 0) is 0 Å².